The van der Waals surface area contributed by atoms with Crippen LogP contribution >= 0.6 is 0 Å². The van der Waals surface area contributed by atoms with Gasteiger partial charge in [0, 0.05) is 36.1 Å². The SMILES string of the molecule is CCCCC[C@H]1Cc2cc(O)c(CC(C)C)cc2-c2c(OC)cc3c(c21)C[C@@H](O)[C@H](c1ccc(O)c(O[C@@H]2CCCC4(CCCC4)[C@@H]2CCN=C(N)N)c1)O3. The van der Waals surface area contributed by atoms with Crippen LogP contribution in [-0.4, -0.2) is 47.1 Å². The summed E-state index contributed by atoms with van der Waals surface area (Å²) in [5.74, 6) is 3.31. The number of aliphatic hydroxyl groups is 1. The molecule has 0 bridgehead atoms. The number of nitrogens with zero attached hydrogens (tertiary/aromatic N) is 1. The van der Waals surface area contributed by atoms with E-state index in [9.17, 15) is 15.3 Å². The van der Waals surface area contributed by atoms with Crippen molar-refractivity contribution < 1.29 is 29.5 Å². The Morgan fingerprint density at radius 1 is 0.964 bits per heavy atom. The molecule has 7 N–H and O–H groups in total. The van der Waals surface area contributed by atoms with Crippen molar-refractivity contribution in [1.29, 1.82) is 0 Å². The van der Waals surface area contributed by atoms with Crippen LogP contribution in [-0.2, 0) is 19.3 Å². The van der Waals surface area contributed by atoms with Crippen LogP contribution in [0, 0.1) is 17.3 Å². The Balaban J connectivity index is 1.22. The molecule has 2 fully saturated rings. The summed E-state index contributed by atoms with van der Waals surface area (Å²) in [7, 11) is 1.71. The number of rotatable bonds is 13. The second-order valence-corrected chi connectivity index (χ2v) is 17.3. The zero-order chi connectivity index (χ0) is 38.9. The molecule has 3 aromatic rings. The van der Waals surface area contributed by atoms with E-state index in [1.54, 1.807) is 13.2 Å². The summed E-state index contributed by atoms with van der Waals surface area (Å²) < 4.78 is 19.8. The lowest BCUT2D eigenvalue weighted by molar-refractivity contribution is -0.0148. The smallest absolute Gasteiger partial charge is 0.185 e. The Bertz CT molecular complexity index is 1860. The molecule has 3 aromatic carbocycles. The quantitative estimate of drug-likeness (QED) is 0.0659. The van der Waals surface area contributed by atoms with Gasteiger partial charge in [-0.3, -0.25) is 4.99 Å². The molecule has 7 rings (SSSR count). The van der Waals surface area contributed by atoms with E-state index < -0.39 is 12.2 Å². The average molecular weight is 754 g/mol. The van der Waals surface area contributed by atoms with Gasteiger partial charge in [-0.1, -0.05) is 58.9 Å². The lowest BCUT2D eigenvalue weighted by Gasteiger charge is -2.46. The number of guanidine groups is 1. The Labute approximate surface area is 327 Å². The van der Waals surface area contributed by atoms with Gasteiger partial charge in [0.15, 0.2) is 17.5 Å². The van der Waals surface area contributed by atoms with Crippen molar-refractivity contribution in [3.63, 3.8) is 0 Å². The van der Waals surface area contributed by atoms with Crippen molar-refractivity contribution in [3.05, 3.63) is 64.2 Å². The van der Waals surface area contributed by atoms with Gasteiger partial charge in [-0.15, -0.1) is 0 Å². The van der Waals surface area contributed by atoms with E-state index in [1.165, 1.54) is 37.7 Å². The fraction of sp³-hybridized carbons (Fsp3) is 0.587. The molecule has 3 aliphatic carbocycles. The number of benzene rings is 3. The van der Waals surface area contributed by atoms with Crippen molar-refractivity contribution in [2.75, 3.05) is 13.7 Å². The topological polar surface area (TPSA) is 153 Å². The molecule has 1 spiro atoms. The van der Waals surface area contributed by atoms with E-state index >= 15 is 0 Å². The molecular weight excluding hydrogens is 691 g/mol. The molecule has 5 atom stereocenters. The van der Waals surface area contributed by atoms with Crippen molar-refractivity contribution in [2.24, 2.45) is 33.7 Å². The number of phenolic OH excluding ortho intramolecular Hbond substituents is 2. The highest BCUT2D eigenvalue weighted by molar-refractivity contribution is 5.83. The second kappa shape index (κ2) is 16.5. The zero-order valence-corrected chi connectivity index (χ0v) is 33.4. The van der Waals surface area contributed by atoms with E-state index in [1.807, 2.05) is 24.3 Å². The second-order valence-electron chi connectivity index (χ2n) is 17.3. The highest BCUT2D eigenvalue weighted by Crippen LogP contribution is 2.56. The summed E-state index contributed by atoms with van der Waals surface area (Å²) in [6, 6.07) is 11.5. The molecule has 4 aliphatic rings. The zero-order valence-electron chi connectivity index (χ0n) is 33.4. The van der Waals surface area contributed by atoms with Crippen LogP contribution in [0.5, 0.6) is 28.7 Å². The van der Waals surface area contributed by atoms with Gasteiger partial charge < -0.3 is 41.0 Å². The van der Waals surface area contributed by atoms with E-state index in [0.717, 1.165) is 103 Å². The van der Waals surface area contributed by atoms with Gasteiger partial charge in [-0.25, -0.2) is 0 Å². The number of unbranched alkanes of at least 4 members (excludes halogenated alkanes) is 2. The number of aliphatic hydroxyl groups excluding tert-OH is 1. The molecule has 0 radical (unpaired) electrons. The molecule has 55 heavy (non-hydrogen) atoms. The number of hydrogen-bond acceptors (Lipinski definition) is 7. The maximum Gasteiger partial charge on any atom is 0.185 e. The first-order chi connectivity index (χ1) is 26.5. The van der Waals surface area contributed by atoms with Crippen molar-refractivity contribution in [1.82, 2.24) is 0 Å². The molecule has 0 aromatic heterocycles. The number of ether oxygens (including phenoxy) is 3. The molecule has 0 unspecified atom stereocenters. The van der Waals surface area contributed by atoms with E-state index in [2.05, 4.69) is 31.8 Å². The number of phenols is 2. The van der Waals surface area contributed by atoms with Crippen LogP contribution in [0.1, 0.15) is 138 Å². The fourth-order valence-electron chi connectivity index (χ4n) is 10.7. The minimum atomic E-state index is -0.819. The number of hydrogen-bond donors (Lipinski definition) is 5. The van der Waals surface area contributed by atoms with Crippen LogP contribution in [0.15, 0.2) is 41.4 Å². The first-order valence-corrected chi connectivity index (χ1v) is 21.0. The molecule has 9 nitrogen and oxygen atoms in total. The van der Waals surface area contributed by atoms with Gasteiger partial charge in [-0.2, -0.15) is 0 Å². The minimum absolute atomic E-state index is 0.0774. The fourth-order valence-corrected chi connectivity index (χ4v) is 10.7. The van der Waals surface area contributed by atoms with Crippen molar-refractivity contribution in [2.45, 2.75) is 141 Å². The number of fused-ring (bicyclic) bond motifs is 5. The normalized spacial score (nSPS) is 23.8. The molecule has 2 saturated carbocycles. The molecule has 1 heterocycles. The van der Waals surface area contributed by atoms with E-state index in [0.29, 0.717) is 30.4 Å². The third-order valence-corrected chi connectivity index (χ3v) is 13.2. The maximum atomic E-state index is 12.0. The summed E-state index contributed by atoms with van der Waals surface area (Å²) in [4.78, 5) is 4.33. The molecule has 0 saturated heterocycles. The molecule has 0 amide bonds. The Hall–Kier alpha value is -4.11. The van der Waals surface area contributed by atoms with Crippen molar-refractivity contribution >= 4 is 5.96 Å². The Morgan fingerprint density at radius 3 is 2.47 bits per heavy atom. The largest absolute Gasteiger partial charge is 0.508 e. The van der Waals surface area contributed by atoms with E-state index in [4.69, 9.17) is 25.7 Å². The van der Waals surface area contributed by atoms with Crippen LogP contribution in [0.3, 0.4) is 0 Å². The Kier molecular flexibility index (Phi) is 11.8. The summed E-state index contributed by atoms with van der Waals surface area (Å²) in [6.07, 6.45) is 13.7. The molecule has 9 heteroatoms. The maximum absolute atomic E-state index is 12.0. The first-order valence-electron chi connectivity index (χ1n) is 21.0. The molecule has 1 aliphatic heterocycles. The summed E-state index contributed by atoms with van der Waals surface area (Å²) >= 11 is 0. The number of aliphatic imine (C=N–C) groups is 1. The molecular formula is C46H63N3O6. The number of aromatic hydroxyl groups is 2. The highest BCUT2D eigenvalue weighted by Gasteiger charge is 2.48. The monoisotopic (exact) mass is 753 g/mol. The van der Waals surface area contributed by atoms with Crippen molar-refractivity contribution in [3.8, 4) is 39.9 Å². The standard InChI is InChI=1S/C46H63N3O6/c1-5-6-7-11-28-21-30-23-36(51)31(20-27(2)3)22-32(30)43-41(53-4)26-39-33(42(28)43)25-37(52)44(55-39)29-13-14-35(50)40(24-29)54-38-12-10-18-46(16-8-9-17-46)34(38)15-19-49-45(47)48/h13-14,22-24,26-28,34,37-38,44,50-52H,5-12,15-21,25H2,1-4H3,(H4,47,48,49)/t28-,34+,37+,38+,44-/m0/s1. The van der Waals surface area contributed by atoms with Gasteiger partial charge in [0.05, 0.1) is 13.2 Å². The van der Waals surface area contributed by atoms with Crippen LogP contribution in [0.2, 0.25) is 0 Å². The third kappa shape index (κ3) is 7.96. The Morgan fingerprint density at radius 2 is 1.75 bits per heavy atom. The average Bonchev–Trinajstić information content (AvgIpc) is 3.62. The summed E-state index contributed by atoms with van der Waals surface area (Å²) in [5.41, 5.74) is 18.9. The van der Waals surface area contributed by atoms with Crippen LogP contribution in [0.4, 0.5) is 0 Å². The highest BCUT2D eigenvalue weighted by atomic mass is 16.5. The third-order valence-electron chi connectivity index (χ3n) is 13.2. The van der Waals surface area contributed by atoms with Gasteiger partial charge in [0.25, 0.3) is 0 Å². The first kappa shape index (κ1) is 39.1. The summed E-state index contributed by atoms with van der Waals surface area (Å²) in [5, 5.41) is 34.2. The lowest BCUT2D eigenvalue weighted by Crippen LogP contribution is -2.44. The van der Waals surface area contributed by atoms with Crippen LogP contribution in [0.25, 0.3) is 11.1 Å². The van der Waals surface area contributed by atoms with E-state index in [-0.39, 0.29) is 35.1 Å². The number of methoxy groups -OCH3 is 1. The summed E-state index contributed by atoms with van der Waals surface area (Å²) in [6.45, 7) is 7.12. The van der Waals surface area contributed by atoms with Gasteiger partial charge in [0.1, 0.15) is 29.5 Å². The van der Waals surface area contributed by atoms with Gasteiger partial charge in [0.2, 0.25) is 0 Å². The van der Waals surface area contributed by atoms with Gasteiger partial charge in [-0.05, 0) is 127 Å². The molecule has 298 valence electrons. The number of nitrogens with two attached hydrogens (primary N) is 2. The van der Waals surface area contributed by atoms with Crippen LogP contribution < -0.4 is 25.7 Å². The predicted octanol–water partition coefficient (Wildman–Crippen LogP) is 9.00. The van der Waals surface area contributed by atoms with Gasteiger partial charge >= 0.3 is 0 Å². The lowest BCUT2D eigenvalue weighted by atomic mass is 9.62. The minimum Gasteiger partial charge on any atom is -0.508 e. The predicted molar refractivity (Wildman–Crippen MR) is 218 cm³/mol.